The number of carbonyl (C=O) groups excluding carboxylic acids is 1. The molecule has 3 rings (SSSR count). The standard InChI is InChI=1S/C17H18F4N2O3/c18-13-6-11(5-12(7-13)17(19,20)21)16(2-3-16)9-22-15(26)23-4-1-10(8-23)14(24)25/h5-7,10H,1-4,8-9H2,(H,22,26)(H,24,25). The Balaban J connectivity index is 1.66. The number of nitrogens with one attached hydrogen (secondary N) is 1. The van der Waals surface area contributed by atoms with E-state index in [9.17, 15) is 27.2 Å². The summed E-state index contributed by atoms with van der Waals surface area (Å²) in [5.74, 6) is -2.53. The zero-order valence-corrected chi connectivity index (χ0v) is 13.8. The summed E-state index contributed by atoms with van der Waals surface area (Å²) in [6.07, 6.45) is -3.18. The van der Waals surface area contributed by atoms with Gasteiger partial charge in [-0.3, -0.25) is 4.79 Å². The molecule has 0 spiro atoms. The van der Waals surface area contributed by atoms with Gasteiger partial charge in [-0.1, -0.05) is 0 Å². The molecular weight excluding hydrogens is 356 g/mol. The number of carbonyl (C=O) groups is 2. The minimum atomic E-state index is -4.64. The van der Waals surface area contributed by atoms with E-state index in [2.05, 4.69) is 5.32 Å². The zero-order chi connectivity index (χ0) is 19.1. The van der Waals surface area contributed by atoms with Gasteiger partial charge in [0.2, 0.25) is 0 Å². The maximum atomic E-state index is 13.6. The SMILES string of the molecule is O=C(O)C1CCN(C(=O)NCC2(c3cc(F)cc(C(F)(F)F)c3)CC2)C1. The predicted octanol–water partition coefficient (Wildman–Crippen LogP) is 2.99. The largest absolute Gasteiger partial charge is 0.481 e. The number of likely N-dealkylation sites (tertiary alicyclic amines) is 1. The number of aliphatic carboxylic acids is 1. The molecule has 9 heteroatoms. The maximum Gasteiger partial charge on any atom is 0.416 e. The minimum absolute atomic E-state index is 0.0841. The van der Waals surface area contributed by atoms with Gasteiger partial charge >= 0.3 is 18.2 Å². The summed E-state index contributed by atoms with van der Waals surface area (Å²) in [5.41, 5.74) is -1.53. The second-order valence-electron chi connectivity index (χ2n) is 6.94. The molecule has 1 saturated heterocycles. The Morgan fingerprint density at radius 1 is 1.27 bits per heavy atom. The fourth-order valence-corrected chi connectivity index (χ4v) is 3.28. The van der Waals surface area contributed by atoms with Crippen LogP contribution in [0.4, 0.5) is 22.4 Å². The topological polar surface area (TPSA) is 69.6 Å². The first-order valence-corrected chi connectivity index (χ1v) is 8.25. The van der Waals surface area contributed by atoms with Gasteiger partial charge in [-0.2, -0.15) is 13.2 Å². The number of carboxylic acids is 1. The lowest BCUT2D eigenvalue weighted by molar-refractivity contribution is -0.141. The van der Waals surface area contributed by atoms with E-state index in [1.165, 1.54) is 4.90 Å². The molecule has 1 atom stereocenters. The number of hydrogen-bond acceptors (Lipinski definition) is 2. The Bertz CT molecular complexity index is 731. The molecule has 1 unspecified atom stereocenters. The molecule has 1 aliphatic carbocycles. The summed E-state index contributed by atoms with van der Waals surface area (Å²) in [4.78, 5) is 24.5. The third-order valence-corrected chi connectivity index (χ3v) is 5.09. The molecule has 1 heterocycles. The molecule has 1 aromatic rings. The Hall–Kier alpha value is -2.32. The number of halogens is 4. The molecule has 1 saturated carbocycles. The van der Waals surface area contributed by atoms with E-state index in [1.54, 1.807) is 0 Å². The molecule has 1 aliphatic heterocycles. The van der Waals surface area contributed by atoms with Crippen LogP contribution in [0.25, 0.3) is 0 Å². The van der Waals surface area contributed by atoms with Crippen molar-refractivity contribution >= 4 is 12.0 Å². The normalized spacial score (nSPS) is 21.5. The minimum Gasteiger partial charge on any atom is -0.481 e. The van der Waals surface area contributed by atoms with Crippen molar-refractivity contribution in [3.05, 3.63) is 35.1 Å². The van der Waals surface area contributed by atoms with E-state index in [0.29, 0.717) is 31.9 Å². The van der Waals surface area contributed by atoms with Crippen LogP contribution in [0, 0.1) is 11.7 Å². The highest BCUT2D eigenvalue weighted by Gasteiger charge is 2.46. The van der Waals surface area contributed by atoms with Gasteiger partial charge in [-0.15, -0.1) is 0 Å². The van der Waals surface area contributed by atoms with Crippen molar-refractivity contribution in [1.29, 1.82) is 0 Å². The van der Waals surface area contributed by atoms with Gasteiger partial charge in [0.1, 0.15) is 5.82 Å². The molecule has 2 amide bonds. The highest BCUT2D eigenvalue weighted by atomic mass is 19.4. The predicted molar refractivity (Wildman–Crippen MR) is 83.0 cm³/mol. The van der Waals surface area contributed by atoms with Crippen LogP contribution < -0.4 is 5.32 Å². The van der Waals surface area contributed by atoms with Crippen molar-refractivity contribution in [3.8, 4) is 0 Å². The lowest BCUT2D eigenvalue weighted by Crippen LogP contribution is -2.42. The van der Waals surface area contributed by atoms with E-state index in [-0.39, 0.29) is 18.7 Å². The first kappa shape index (κ1) is 18.5. The lowest BCUT2D eigenvalue weighted by atomic mass is 9.94. The molecular formula is C17H18F4N2O3. The first-order chi connectivity index (χ1) is 12.1. The van der Waals surface area contributed by atoms with Crippen molar-refractivity contribution < 1.29 is 32.3 Å². The van der Waals surface area contributed by atoms with Crippen LogP contribution in [-0.2, 0) is 16.4 Å². The van der Waals surface area contributed by atoms with Crippen molar-refractivity contribution in [2.24, 2.45) is 5.92 Å². The van der Waals surface area contributed by atoms with E-state index < -0.39 is 40.9 Å². The summed E-state index contributed by atoms with van der Waals surface area (Å²) in [6, 6.07) is 2.00. The number of alkyl halides is 3. The third-order valence-electron chi connectivity index (χ3n) is 5.09. The quantitative estimate of drug-likeness (QED) is 0.796. The monoisotopic (exact) mass is 374 g/mol. The number of amides is 2. The van der Waals surface area contributed by atoms with Crippen molar-refractivity contribution in [1.82, 2.24) is 10.2 Å². The Morgan fingerprint density at radius 2 is 1.96 bits per heavy atom. The summed E-state index contributed by atoms with van der Waals surface area (Å²) in [6.45, 7) is 0.501. The van der Waals surface area contributed by atoms with Crippen molar-refractivity contribution in [2.75, 3.05) is 19.6 Å². The molecule has 26 heavy (non-hydrogen) atoms. The fourth-order valence-electron chi connectivity index (χ4n) is 3.28. The molecule has 0 bridgehead atoms. The molecule has 0 radical (unpaired) electrons. The molecule has 0 aromatic heterocycles. The smallest absolute Gasteiger partial charge is 0.416 e. The van der Waals surface area contributed by atoms with E-state index in [4.69, 9.17) is 5.11 Å². The average molecular weight is 374 g/mol. The molecule has 2 fully saturated rings. The van der Waals surface area contributed by atoms with Crippen LogP contribution in [0.2, 0.25) is 0 Å². The summed E-state index contributed by atoms with van der Waals surface area (Å²) in [7, 11) is 0. The van der Waals surface area contributed by atoms with Crippen LogP contribution in [0.15, 0.2) is 18.2 Å². The van der Waals surface area contributed by atoms with Gasteiger partial charge in [-0.05, 0) is 43.0 Å². The summed E-state index contributed by atoms with van der Waals surface area (Å²) < 4.78 is 52.3. The molecule has 2 aliphatic rings. The fraction of sp³-hybridized carbons (Fsp3) is 0.529. The Kier molecular flexibility index (Phi) is 4.58. The van der Waals surface area contributed by atoms with Gasteiger partial charge in [0.15, 0.2) is 0 Å². The number of benzene rings is 1. The molecule has 5 nitrogen and oxygen atoms in total. The first-order valence-electron chi connectivity index (χ1n) is 8.25. The van der Waals surface area contributed by atoms with Crippen LogP contribution in [0.1, 0.15) is 30.4 Å². The van der Waals surface area contributed by atoms with Crippen LogP contribution >= 0.6 is 0 Å². The Morgan fingerprint density at radius 3 is 2.50 bits per heavy atom. The zero-order valence-electron chi connectivity index (χ0n) is 13.8. The number of nitrogens with zero attached hydrogens (tertiary/aromatic N) is 1. The molecule has 1 aromatic carbocycles. The number of rotatable bonds is 4. The molecule has 142 valence electrons. The number of urea groups is 1. The van der Waals surface area contributed by atoms with Crippen molar-refractivity contribution in [2.45, 2.75) is 30.9 Å². The van der Waals surface area contributed by atoms with Gasteiger partial charge in [-0.25, -0.2) is 9.18 Å². The van der Waals surface area contributed by atoms with E-state index in [1.807, 2.05) is 0 Å². The second-order valence-corrected chi connectivity index (χ2v) is 6.94. The van der Waals surface area contributed by atoms with Crippen LogP contribution in [0.3, 0.4) is 0 Å². The lowest BCUT2D eigenvalue weighted by Gasteiger charge is -2.22. The average Bonchev–Trinajstić information content (AvgIpc) is 3.17. The Labute approximate surface area is 147 Å². The van der Waals surface area contributed by atoms with E-state index >= 15 is 0 Å². The maximum absolute atomic E-state index is 13.6. The number of carboxylic acid groups (broad SMARTS) is 1. The second kappa shape index (κ2) is 6.44. The summed E-state index contributed by atoms with van der Waals surface area (Å²) in [5, 5.41) is 11.6. The number of hydrogen-bond donors (Lipinski definition) is 2. The highest BCUT2D eigenvalue weighted by Crippen LogP contribution is 2.49. The van der Waals surface area contributed by atoms with Crippen LogP contribution in [0.5, 0.6) is 0 Å². The van der Waals surface area contributed by atoms with Gasteiger partial charge < -0.3 is 15.3 Å². The van der Waals surface area contributed by atoms with Gasteiger partial charge in [0.05, 0.1) is 11.5 Å². The van der Waals surface area contributed by atoms with Gasteiger partial charge in [0.25, 0.3) is 0 Å². The van der Waals surface area contributed by atoms with Crippen molar-refractivity contribution in [3.63, 3.8) is 0 Å². The molecule has 2 N–H and O–H groups in total. The third kappa shape index (κ3) is 3.76. The highest BCUT2D eigenvalue weighted by molar-refractivity contribution is 5.77. The van der Waals surface area contributed by atoms with E-state index in [0.717, 1.165) is 12.1 Å². The van der Waals surface area contributed by atoms with Crippen LogP contribution in [-0.4, -0.2) is 41.6 Å². The summed E-state index contributed by atoms with van der Waals surface area (Å²) >= 11 is 0. The van der Waals surface area contributed by atoms with Gasteiger partial charge in [0, 0.05) is 25.0 Å².